The maximum atomic E-state index is 13.2. The van der Waals surface area contributed by atoms with Gasteiger partial charge >= 0.3 is 0 Å². The normalized spacial score (nSPS) is 11.9. The minimum Gasteiger partial charge on any atom is -0.269 e. The monoisotopic (exact) mass is 369 g/mol. The van der Waals surface area contributed by atoms with Crippen LogP contribution in [0.2, 0.25) is 0 Å². The highest BCUT2D eigenvalue weighted by Crippen LogP contribution is 2.26. The second kappa shape index (κ2) is 9.47. The summed E-state index contributed by atoms with van der Waals surface area (Å²) in [5.74, 6) is -0.618. The lowest BCUT2D eigenvalue weighted by Gasteiger charge is -2.29. The molecule has 3 nitrogen and oxygen atoms in total. The molecule has 140 valence electrons. The summed E-state index contributed by atoms with van der Waals surface area (Å²) in [7, 11) is 0. The maximum Gasteiger partial charge on any atom is 0.261 e. The topological polar surface area (TPSA) is 37.4 Å². The van der Waals surface area contributed by atoms with E-state index in [4.69, 9.17) is 0 Å². The number of benzene rings is 3. The smallest absolute Gasteiger partial charge is 0.261 e. The van der Waals surface area contributed by atoms with Crippen molar-refractivity contribution >= 4 is 17.9 Å². The van der Waals surface area contributed by atoms with Crippen LogP contribution < -0.4 is 0 Å². The lowest BCUT2D eigenvalue weighted by atomic mass is 10.0. The van der Waals surface area contributed by atoms with Gasteiger partial charge in [0, 0.05) is 11.6 Å². The van der Waals surface area contributed by atoms with Gasteiger partial charge in [-0.25, -0.2) is 0 Å². The van der Waals surface area contributed by atoms with Gasteiger partial charge in [-0.2, -0.15) is 0 Å². The third-order valence-electron chi connectivity index (χ3n) is 4.58. The van der Waals surface area contributed by atoms with E-state index in [2.05, 4.69) is 0 Å². The third kappa shape index (κ3) is 4.63. The molecule has 0 aliphatic heterocycles. The summed E-state index contributed by atoms with van der Waals surface area (Å²) in [6.45, 7) is 1.98. The molecular weight excluding hydrogens is 346 g/mol. The van der Waals surface area contributed by atoms with Crippen LogP contribution in [0, 0.1) is 0 Å². The van der Waals surface area contributed by atoms with Crippen LogP contribution in [0.4, 0.5) is 0 Å². The van der Waals surface area contributed by atoms with Crippen molar-refractivity contribution in [1.29, 1.82) is 0 Å². The van der Waals surface area contributed by atoms with Crippen molar-refractivity contribution in [3.05, 3.63) is 114 Å². The number of hydrogen-bond acceptors (Lipinski definition) is 2. The minimum absolute atomic E-state index is 0.293. The molecule has 0 saturated carbocycles. The molecule has 0 N–H and O–H groups in total. The number of rotatable bonds is 6. The molecule has 3 aromatic carbocycles. The number of carbonyl (C=O) groups is 2. The van der Waals surface area contributed by atoms with Gasteiger partial charge in [-0.15, -0.1) is 0 Å². The SMILES string of the molecule is CCC(c1ccccc1)N(C(=O)/C=C/c1ccccc1)C(=O)c1ccccc1. The van der Waals surface area contributed by atoms with E-state index in [9.17, 15) is 9.59 Å². The van der Waals surface area contributed by atoms with Gasteiger partial charge in [-0.1, -0.05) is 85.8 Å². The Morgan fingerprint density at radius 2 is 1.36 bits per heavy atom. The molecule has 0 spiro atoms. The molecule has 0 aromatic heterocycles. The van der Waals surface area contributed by atoms with Crippen LogP contribution in [0.5, 0.6) is 0 Å². The quantitative estimate of drug-likeness (QED) is 0.537. The van der Waals surface area contributed by atoms with Crippen molar-refractivity contribution in [2.75, 3.05) is 0 Å². The standard InChI is InChI=1S/C25H23NO2/c1-2-23(21-14-8-4-9-15-21)26(25(28)22-16-10-5-11-17-22)24(27)19-18-20-12-6-3-7-13-20/h3-19,23H,2H2,1H3/b19-18+. The Hall–Kier alpha value is -3.46. The summed E-state index contributed by atoms with van der Waals surface area (Å²) in [6, 6.07) is 27.9. The third-order valence-corrected chi connectivity index (χ3v) is 4.58. The predicted octanol–water partition coefficient (Wildman–Crippen LogP) is 5.52. The molecule has 3 rings (SSSR count). The zero-order valence-electron chi connectivity index (χ0n) is 15.9. The van der Waals surface area contributed by atoms with Gasteiger partial charge in [0.1, 0.15) is 0 Å². The van der Waals surface area contributed by atoms with Crippen LogP contribution in [0.25, 0.3) is 6.08 Å². The summed E-state index contributed by atoms with van der Waals surface area (Å²) in [5.41, 5.74) is 2.35. The van der Waals surface area contributed by atoms with Crippen molar-refractivity contribution < 1.29 is 9.59 Å². The summed E-state index contributed by atoms with van der Waals surface area (Å²) in [5, 5.41) is 0. The van der Waals surface area contributed by atoms with Crippen molar-refractivity contribution in [3.8, 4) is 0 Å². The molecular formula is C25H23NO2. The number of carbonyl (C=O) groups excluding carboxylic acids is 2. The summed E-state index contributed by atoms with van der Waals surface area (Å²) < 4.78 is 0. The molecule has 3 aromatic rings. The van der Waals surface area contributed by atoms with Gasteiger partial charge in [0.05, 0.1) is 6.04 Å². The van der Waals surface area contributed by atoms with Gasteiger partial charge in [0.25, 0.3) is 11.8 Å². The molecule has 0 saturated heterocycles. The van der Waals surface area contributed by atoms with E-state index in [1.807, 2.05) is 73.7 Å². The molecule has 0 bridgehead atoms. The highest BCUT2D eigenvalue weighted by Gasteiger charge is 2.29. The van der Waals surface area contributed by atoms with Gasteiger partial charge in [-0.05, 0) is 35.8 Å². The molecule has 3 heteroatoms. The molecule has 0 aliphatic rings. The first-order chi connectivity index (χ1) is 13.7. The Bertz CT molecular complexity index is 934. The fourth-order valence-electron chi connectivity index (χ4n) is 3.17. The number of imide groups is 1. The lowest BCUT2D eigenvalue weighted by Crippen LogP contribution is -2.39. The number of hydrogen-bond donors (Lipinski definition) is 0. The number of amides is 2. The second-order valence-corrected chi connectivity index (χ2v) is 6.46. The molecule has 0 heterocycles. The molecule has 2 amide bonds. The Kier molecular flexibility index (Phi) is 6.53. The highest BCUT2D eigenvalue weighted by molar-refractivity contribution is 6.09. The first-order valence-corrected chi connectivity index (χ1v) is 9.41. The Morgan fingerprint density at radius 3 is 1.93 bits per heavy atom. The first-order valence-electron chi connectivity index (χ1n) is 9.41. The molecule has 1 atom stereocenters. The van der Waals surface area contributed by atoms with E-state index in [1.165, 1.54) is 11.0 Å². The van der Waals surface area contributed by atoms with Gasteiger partial charge in [0.2, 0.25) is 0 Å². The van der Waals surface area contributed by atoms with E-state index >= 15 is 0 Å². The average molecular weight is 369 g/mol. The van der Waals surface area contributed by atoms with Crippen LogP contribution in [-0.2, 0) is 4.79 Å². The van der Waals surface area contributed by atoms with Crippen molar-refractivity contribution in [2.45, 2.75) is 19.4 Å². The number of nitrogens with zero attached hydrogens (tertiary/aromatic N) is 1. The zero-order valence-corrected chi connectivity index (χ0v) is 15.9. The maximum absolute atomic E-state index is 13.2. The summed E-state index contributed by atoms with van der Waals surface area (Å²) >= 11 is 0. The Labute approximate surface area is 165 Å². The van der Waals surface area contributed by atoms with Crippen LogP contribution in [-0.4, -0.2) is 16.7 Å². The van der Waals surface area contributed by atoms with Gasteiger partial charge in [-0.3, -0.25) is 14.5 Å². The predicted molar refractivity (Wildman–Crippen MR) is 113 cm³/mol. The van der Waals surface area contributed by atoms with Crippen LogP contribution in [0.3, 0.4) is 0 Å². The van der Waals surface area contributed by atoms with Crippen LogP contribution >= 0.6 is 0 Å². The fraction of sp³-hybridized carbons (Fsp3) is 0.120. The molecule has 0 aliphatic carbocycles. The van der Waals surface area contributed by atoms with Crippen LogP contribution in [0.15, 0.2) is 97.1 Å². The average Bonchev–Trinajstić information content (AvgIpc) is 2.77. The van der Waals surface area contributed by atoms with Crippen LogP contribution in [0.1, 0.15) is 40.9 Å². The molecule has 0 radical (unpaired) electrons. The van der Waals surface area contributed by atoms with E-state index in [-0.39, 0.29) is 17.9 Å². The molecule has 28 heavy (non-hydrogen) atoms. The van der Waals surface area contributed by atoms with E-state index in [0.717, 1.165) is 11.1 Å². The molecule has 1 unspecified atom stereocenters. The highest BCUT2D eigenvalue weighted by atomic mass is 16.2. The van der Waals surface area contributed by atoms with Gasteiger partial charge < -0.3 is 0 Å². The second-order valence-electron chi connectivity index (χ2n) is 6.46. The van der Waals surface area contributed by atoms with Crippen molar-refractivity contribution in [3.63, 3.8) is 0 Å². The fourth-order valence-corrected chi connectivity index (χ4v) is 3.17. The van der Waals surface area contributed by atoms with Gasteiger partial charge in [0.15, 0.2) is 0 Å². The van der Waals surface area contributed by atoms with E-state index < -0.39 is 0 Å². The lowest BCUT2D eigenvalue weighted by molar-refractivity contribution is -0.125. The van der Waals surface area contributed by atoms with E-state index in [1.54, 1.807) is 30.3 Å². The van der Waals surface area contributed by atoms with Crippen molar-refractivity contribution in [2.24, 2.45) is 0 Å². The first kappa shape index (κ1) is 19.3. The minimum atomic E-state index is -0.332. The summed E-state index contributed by atoms with van der Waals surface area (Å²) in [4.78, 5) is 27.7. The Morgan fingerprint density at radius 1 is 0.821 bits per heavy atom. The van der Waals surface area contributed by atoms with Crippen molar-refractivity contribution in [1.82, 2.24) is 4.90 Å². The molecule has 0 fully saturated rings. The largest absolute Gasteiger partial charge is 0.269 e. The summed E-state index contributed by atoms with van der Waals surface area (Å²) in [6.07, 6.45) is 3.85. The zero-order chi connectivity index (χ0) is 19.8. The van der Waals surface area contributed by atoms with E-state index in [0.29, 0.717) is 12.0 Å². The Balaban J connectivity index is 1.97.